The second-order valence-corrected chi connectivity index (χ2v) is 2.94. The van der Waals surface area contributed by atoms with Gasteiger partial charge in [-0.2, -0.15) is 0 Å². The molecule has 0 fully saturated rings. The lowest BCUT2D eigenvalue weighted by molar-refractivity contribution is 0.0870. The van der Waals surface area contributed by atoms with E-state index in [-0.39, 0.29) is 11.3 Å². The summed E-state index contributed by atoms with van der Waals surface area (Å²) in [4.78, 5) is 26.5. The number of furan rings is 1. The largest absolute Gasteiger partial charge is 0.448 e. The maximum Gasteiger partial charge on any atom is 0.294 e. The maximum atomic E-state index is 11.3. The summed E-state index contributed by atoms with van der Waals surface area (Å²) in [7, 11) is 0. The summed E-state index contributed by atoms with van der Waals surface area (Å²) in [6, 6.07) is 3.35. The molecule has 0 saturated carbocycles. The third-order valence-electron chi connectivity index (χ3n) is 2.11. The Hall–Kier alpha value is -2.17. The van der Waals surface area contributed by atoms with Crippen molar-refractivity contribution in [2.45, 2.75) is 0 Å². The van der Waals surface area contributed by atoms with Crippen LogP contribution in [0.15, 0.2) is 22.7 Å². The second kappa shape index (κ2) is 2.20. The van der Waals surface area contributed by atoms with Crippen molar-refractivity contribution in [2.24, 2.45) is 0 Å². The maximum absolute atomic E-state index is 11.3. The number of carbonyl (C=O) groups is 2. The van der Waals surface area contributed by atoms with Gasteiger partial charge in [0.15, 0.2) is 5.58 Å². The fourth-order valence-corrected chi connectivity index (χ4v) is 1.52. The summed E-state index contributed by atoms with van der Waals surface area (Å²) in [6.45, 7) is 0. The molecule has 0 unspecified atom stereocenters. The number of aromatic nitrogens is 1. The molecule has 0 aromatic carbocycles. The molecule has 0 aliphatic carbocycles. The molecule has 2 aromatic heterocycles. The average molecular weight is 188 g/mol. The van der Waals surface area contributed by atoms with Crippen LogP contribution in [0.3, 0.4) is 0 Å². The Bertz CT molecular complexity index is 570. The molecule has 1 aliphatic heterocycles. The number of nitrogens with one attached hydrogen (secondary N) is 1. The highest BCUT2D eigenvalue weighted by Crippen LogP contribution is 2.26. The lowest BCUT2D eigenvalue weighted by Gasteiger charge is -1.90. The highest BCUT2D eigenvalue weighted by atomic mass is 16.4. The van der Waals surface area contributed by atoms with E-state index in [9.17, 15) is 9.59 Å². The van der Waals surface area contributed by atoms with Crippen molar-refractivity contribution in [1.82, 2.24) is 10.3 Å². The van der Waals surface area contributed by atoms with Gasteiger partial charge in [-0.3, -0.25) is 19.9 Å². The van der Waals surface area contributed by atoms with Gasteiger partial charge in [-0.25, -0.2) is 0 Å². The Morgan fingerprint density at radius 1 is 1.29 bits per heavy atom. The number of fused-ring (bicyclic) bond motifs is 3. The van der Waals surface area contributed by atoms with E-state index in [0.717, 1.165) is 0 Å². The third-order valence-corrected chi connectivity index (χ3v) is 2.11. The second-order valence-electron chi connectivity index (χ2n) is 2.94. The molecule has 0 atom stereocenters. The summed E-state index contributed by atoms with van der Waals surface area (Å²) in [5.74, 6) is -0.880. The van der Waals surface area contributed by atoms with Crippen molar-refractivity contribution in [3.63, 3.8) is 0 Å². The number of hydrogen-bond donors (Lipinski definition) is 1. The van der Waals surface area contributed by atoms with Crippen LogP contribution >= 0.6 is 0 Å². The molecule has 0 bridgehead atoms. The molecule has 3 rings (SSSR count). The monoisotopic (exact) mass is 188 g/mol. The normalized spacial score (nSPS) is 14.6. The highest BCUT2D eigenvalue weighted by Gasteiger charge is 2.34. The molecule has 0 radical (unpaired) electrons. The van der Waals surface area contributed by atoms with Crippen LogP contribution in [0.2, 0.25) is 0 Å². The predicted molar refractivity (Wildman–Crippen MR) is 45.8 cm³/mol. The van der Waals surface area contributed by atoms with Crippen LogP contribution in [0.5, 0.6) is 0 Å². The van der Waals surface area contributed by atoms with E-state index in [1.807, 2.05) is 0 Å². The van der Waals surface area contributed by atoms with E-state index in [2.05, 4.69) is 10.3 Å². The Balaban J connectivity index is 2.49. The fourth-order valence-electron chi connectivity index (χ4n) is 1.52. The van der Waals surface area contributed by atoms with Gasteiger partial charge in [0.05, 0.1) is 0 Å². The van der Waals surface area contributed by atoms with Crippen LogP contribution in [0.1, 0.15) is 20.9 Å². The number of pyridine rings is 1. The molecule has 1 N–H and O–H groups in total. The Kier molecular flexibility index (Phi) is 1.14. The van der Waals surface area contributed by atoms with Crippen LogP contribution in [0, 0.1) is 0 Å². The number of hydrogen-bond acceptors (Lipinski definition) is 4. The zero-order chi connectivity index (χ0) is 9.71. The van der Waals surface area contributed by atoms with Crippen LogP contribution in [0.25, 0.3) is 11.1 Å². The summed E-state index contributed by atoms with van der Waals surface area (Å²) >= 11 is 0. The van der Waals surface area contributed by atoms with Crippen molar-refractivity contribution < 1.29 is 14.0 Å². The molecule has 2 aromatic rings. The van der Waals surface area contributed by atoms with Crippen molar-refractivity contribution in [2.75, 3.05) is 0 Å². The van der Waals surface area contributed by atoms with Gasteiger partial charge >= 0.3 is 0 Å². The van der Waals surface area contributed by atoms with E-state index in [1.54, 1.807) is 18.3 Å². The number of rotatable bonds is 0. The Morgan fingerprint density at radius 2 is 2.14 bits per heavy atom. The molecular weight excluding hydrogens is 184 g/mol. The van der Waals surface area contributed by atoms with Gasteiger partial charge in [0.2, 0.25) is 5.76 Å². The third kappa shape index (κ3) is 0.711. The zero-order valence-corrected chi connectivity index (χ0v) is 6.90. The van der Waals surface area contributed by atoms with E-state index in [1.165, 1.54) is 0 Å². The molecular formula is C9H4N2O3. The molecule has 68 valence electrons. The molecule has 0 saturated heterocycles. The van der Waals surface area contributed by atoms with Crippen LogP contribution in [-0.2, 0) is 0 Å². The van der Waals surface area contributed by atoms with Gasteiger partial charge in [-0.1, -0.05) is 0 Å². The SMILES string of the molecule is O=C1NC(=O)c2c1oc1cccnc21. The summed E-state index contributed by atoms with van der Waals surface area (Å²) in [6.07, 6.45) is 1.55. The van der Waals surface area contributed by atoms with Gasteiger partial charge in [-0.15, -0.1) is 0 Å². The first kappa shape index (κ1) is 7.25. The van der Waals surface area contributed by atoms with Crippen LogP contribution in [0.4, 0.5) is 0 Å². The number of nitrogens with zero attached hydrogens (tertiary/aromatic N) is 1. The smallest absolute Gasteiger partial charge is 0.294 e. The van der Waals surface area contributed by atoms with Gasteiger partial charge in [-0.05, 0) is 12.1 Å². The minimum absolute atomic E-state index is 0.0590. The predicted octanol–water partition coefficient (Wildman–Crippen LogP) is 0.711. The molecule has 3 heterocycles. The van der Waals surface area contributed by atoms with E-state index >= 15 is 0 Å². The number of imide groups is 1. The van der Waals surface area contributed by atoms with Crippen molar-refractivity contribution >= 4 is 22.9 Å². The molecule has 1 aliphatic rings. The Labute approximate surface area is 77.7 Å². The van der Waals surface area contributed by atoms with Gasteiger partial charge < -0.3 is 4.42 Å². The van der Waals surface area contributed by atoms with Crippen molar-refractivity contribution in [1.29, 1.82) is 0 Å². The quantitative estimate of drug-likeness (QED) is 0.618. The van der Waals surface area contributed by atoms with Gasteiger partial charge in [0.1, 0.15) is 11.1 Å². The van der Waals surface area contributed by atoms with Crippen LogP contribution < -0.4 is 5.32 Å². The summed E-state index contributed by atoms with van der Waals surface area (Å²) < 4.78 is 5.20. The topological polar surface area (TPSA) is 72.2 Å². The first-order valence-electron chi connectivity index (χ1n) is 4.00. The Morgan fingerprint density at radius 3 is 3.00 bits per heavy atom. The van der Waals surface area contributed by atoms with Gasteiger partial charge in [0.25, 0.3) is 11.8 Å². The molecule has 2 amide bonds. The fraction of sp³-hybridized carbons (Fsp3) is 0. The van der Waals surface area contributed by atoms with E-state index in [4.69, 9.17) is 4.42 Å². The number of carbonyl (C=O) groups excluding carboxylic acids is 2. The van der Waals surface area contributed by atoms with E-state index < -0.39 is 11.8 Å². The first-order valence-corrected chi connectivity index (χ1v) is 4.00. The molecule has 5 heteroatoms. The van der Waals surface area contributed by atoms with Crippen LogP contribution in [-0.4, -0.2) is 16.8 Å². The lowest BCUT2D eigenvalue weighted by atomic mass is 10.2. The summed E-state index contributed by atoms with van der Waals surface area (Å²) in [5, 5.41) is 2.14. The first-order chi connectivity index (χ1) is 6.77. The average Bonchev–Trinajstić information content (AvgIpc) is 2.66. The van der Waals surface area contributed by atoms with E-state index in [0.29, 0.717) is 11.1 Å². The number of amides is 2. The molecule has 14 heavy (non-hydrogen) atoms. The highest BCUT2D eigenvalue weighted by molar-refractivity contribution is 6.24. The minimum atomic E-state index is -0.497. The lowest BCUT2D eigenvalue weighted by Crippen LogP contribution is -2.20. The molecule has 0 spiro atoms. The van der Waals surface area contributed by atoms with Gasteiger partial charge in [0, 0.05) is 6.20 Å². The summed E-state index contributed by atoms with van der Waals surface area (Å²) in [5.41, 5.74) is 1.14. The van der Waals surface area contributed by atoms with Crippen molar-refractivity contribution in [3.8, 4) is 0 Å². The van der Waals surface area contributed by atoms with Crippen molar-refractivity contribution in [3.05, 3.63) is 29.7 Å². The standard InChI is InChI=1S/C9H4N2O3/c12-8-5-6-4(2-1-3-10-6)14-7(5)9(13)11-8/h1-3H,(H,11,12,13). The zero-order valence-electron chi connectivity index (χ0n) is 6.90. The minimum Gasteiger partial charge on any atom is -0.448 e. The molecule has 5 nitrogen and oxygen atoms in total.